The van der Waals surface area contributed by atoms with E-state index in [0.717, 1.165) is 12.8 Å². The van der Waals surface area contributed by atoms with Gasteiger partial charge in [-0.1, -0.05) is 12.8 Å². The second kappa shape index (κ2) is 7.81. The van der Waals surface area contributed by atoms with Gasteiger partial charge in [-0.25, -0.2) is 8.42 Å². The summed E-state index contributed by atoms with van der Waals surface area (Å²) < 4.78 is 31.8. The molecule has 0 aromatic carbocycles. The Labute approximate surface area is 129 Å². The molecule has 6 nitrogen and oxygen atoms in total. The predicted molar refractivity (Wildman–Crippen MR) is 60.2 cm³/mol. The first-order valence-corrected chi connectivity index (χ1v) is 7.27. The van der Waals surface area contributed by atoms with Crippen molar-refractivity contribution in [3.8, 4) is 0 Å². The first kappa shape index (κ1) is 18.3. The standard InChI is InChI=1S/C10H19NO5S.Na/c11-9(10(12)13)5-7-1-3-8(4-2-7)6-17(14,15)16;/h7-9H,1-6,11H2,(H,12,13)(H,14,15,16);/q;+1/p-1. The van der Waals surface area contributed by atoms with Gasteiger partial charge in [-0.05, 0) is 31.1 Å². The zero-order valence-corrected chi connectivity index (χ0v) is 13.4. The van der Waals surface area contributed by atoms with Crippen molar-refractivity contribution in [3.05, 3.63) is 0 Å². The Morgan fingerprint density at radius 3 is 2.11 bits per heavy atom. The summed E-state index contributed by atoms with van der Waals surface area (Å²) in [5, 5.41) is 8.67. The third-order valence-corrected chi connectivity index (χ3v) is 4.19. The molecular weight excluding hydrogens is 269 g/mol. The van der Waals surface area contributed by atoms with Gasteiger partial charge in [-0.3, -0.25) is 4.79 Å². The fourth-order valence-electron chi connectivity index (χ4n) is 2.38. The van der Waals surface area contributed by atoms with Gasteiger partial charge in [0.15, 0.2) is 0 Å². The summed E-state index contributed by atoms with van der Waals surface area (Å²) in [6.45, 7) is 0. The Morgan fingerprint density at radius 2 is 1.72 bits per heavy atom. The fraction of sp³-hybridized carbons (Fsp3) is 0.900. The van der Waals surface area contributed by atoms with Gasteiger partial charge in [0.05, 0.1) is 10.1 Å². The molecule has 1 rings (SSSR count). The summed E-state index contributed by atoms with van der Waals surface area (Å²) in [5.74, 6) is -1.15. The van der Waals surface area contributed by atoms with Crippen molar-refractivity contribution < 1.29 is 52.4 Å². The number of rotatable bonds is 5. The normalized spacial score (nSPS) is 26.1. The monoisotopic (exact) mass is 287 g/mol. The van der Waals surface area contributed by atoms with Crippen LogP contribution >= 0.6 is 0 Å². The van der Waals surface area contributed by atoms with Gasteiger partial charge in [0.25, 0.3) is 0 Å². The fourth-order valence-corrected chi connectivity index (χ4v) is 3.29. The molecular formula is C10H18NNaO5S. The molecule has 0 heterocycles. The molecule has 1 unspecified atom stereocenters. The summed E-state index contributed by atoms with van der Waals surface area (Å²) in [5.41, 5.74) is 5.44. The summed E-state index contributed by atoms with van der Waals surface area (Å²) in [7, 11) is -4.15. The van der Waals surface area contributed by atoms with E-state index >= 15 is 0 Å². The molecule has 8 heteroatoms. The molecule has 0 saturated heterocycles. The van der Waals surface area contributed by atoms with E-state index in [-0.39, 0.29) is 47.1 Å². The SMILES string of the molecule is NC(CC1CCC(CS(=O)(=O)[O-])CC1)C(=O)O.[Na+]. The van der Waals surface area contributed by atoms with Gasteiger partial charge in [0.2, 0.25) is 0 Å². The van der Waals surface area contributed by atoms with E-state index in [4.69, 9.17) is 10.8 Å². The Morgan fingerprint density at radius 1 is 1.28 bits per heavy atom. The number of hydrogen-bond donors (Lipinski definition) is 2. The second-order valence-electron chi connectivity index (χ2n) is 4.79. The Balaban J connectivity index is 0.00000289. The number of aliphatic carboxylic acids is 1. The number of carbonyl (C=O) groups is 1. The van der Waals surface area contributed by atoms with Crippen molar-refractivity contribution in [2.24, 2.45) is 17.6 Å². The topological polar surface area (TPSA) is 121 Å². The number of carboxylic acids is 1. The minimum Gasteiger partial charge on any atom is -0.748 e. The van der Waals surface area contributed by atoms with Crippen LogP contribution in [0.5, 0.6) is 0 Å². The molecule has 0 amide bonds. The molecule has 1 atom stereocenters. The minimum absolute atomic E-state index is 0. The van der Waals surface area contributed by atoms with Crippen molar-refractivity contribution in [2.75, 3.05) is 5.75 Å². The number of hydrogen-bond acceptors (Lipinski definition) is 5. The summed E-state index contributed by atoms with van der Waals surface area (Å²) in [4.78, 5) is 10.6. The van der Waals surface area contributed by atoms with Crippen LogP contribution in [0, 0.1) is 11.8 Å². The summed E-state index contributed by atoms with van der Waals surface area (Å²) >= 11 is 0. The minimum atomic E-state index is -4.15. The smallest absolute Gasteiger partial charge is 0.748 e. The molecule has 1 aliphatic rings. The van der Waals surface area contributed by atoms with Crippen molar-refractivity contribution >= 4 is 16.1 Å². The van der Waals surface area contributed by atoms with Crippen LogP contribution in [-0.4, -0.2) is 35.8 Å². The van der Waals surface area contributed by atoms with Crippen LogP contribution in [0.15, 0.2) is 0 Å². The van der Waals surface area contributed by atoms with Gasteiger partial charge >= 0.3 is 35.5 Å². The average Bonchev–Trinajstić information content (AvgIpc) is 2.18. The van der Waals surface area contributed by atoms with Crippen LogP contribution in [0.1, 0.15) is 32.1 Å². The third kappa shape index (κ3) is 7.06. The molecule has 0 aromatic rings. The van der Waals surface area contributed by atoms with E-state index in [1.54, 1.807) is 0 Å². The van der Waals surface area contributed by atoms with Crippen LogP contribution in [0.3, 0.4) is 0 Å². The van der Waals surface area contributed by atoms with Crippen LogP contribution in [0.2, 0.25) is 0 Å². The van der Waals surface area contributed by atoms with Crippen LogP contribution in [-0.2, 0) is 14.9 Å². The second-order valence-corrected chi connectivity index (χ2v) is 6.24. The Hall–Kier alpha value is 0.340. The van der Waals surface area contributed by atoms with Gasteiger partial charge in [-0.15, -0.1) is 0 Å². The molecule has 0 aliphatic heterocycles. The molecule has 1 aliphatic carbocycles. The zero-order chi connectivity index (χ0) is 13.1. The molecule has 18 heavy (non-hydrogen) atoms. The van der Waals surface area contributed by atoms with Crippen LogP contribution < -0.4 is 35.3 Å². The molecule has 3 N–H and O–H groups in total. The predicted octanol–water partition coefficient (Wildman–Crippen LogP) is -2.86. The van der Waals surface area contributed by atoms with Crippen molar-refractivity contribution in [1.82, 2.24) is 0 Å². The van der Waals surface area contributed by atoms with E-state index in [9.17, 15) is 17.8 Å². The Kier molecular flexibility index (Phi) is 7.96. The van der Waals surface area contributed by atoms with E-state index in [1.807, 2.05) is 0 Å². The average molecular weight is 287 g/mol. The van der Waals surface area contributed by atoms with Gasteiger partial charge in [-0.2, -0.15) is 0 Å². The molecule has 0 spiro atoms. The van der Waals surface area contributed by atoms with Crippen LogP contribution in [0.4, 0.5) is 0 Å². The van der Waals surface area contributed by atoms with E-state index in [2.05, 4.69) is 0 Å². The maximum atomic E-state index is 10.6. The van der Waals surface area contributed by atoms with E-state index < -0.39 is 22.1 Å². The van der Waals surface area contributed by atoms with Crippen molar-refractivity contribution in [3.63, 3.8) is 0 Å². The molecule has 0 bridgehead atoms. The van der Waals surface area contributed by atoms with Crippen LogP contribution in [0.25, 0.3) is 0 Å². The third-order valence-electron chi connectivity index (χ3n) is 3.31. The molecule has 1 fully saturated rings. The zero-order valence-electron chi connectivity index (χ0n) is 10.5. The van der Waals surface area contributed by atoms with Crippen molar-refractivity contribution in [2.45, 2.75) is 38.1 Å². The first-order valence-electron chi connectivity index (χ1n) is 5.70. The largest absolute Gasteiger partial charge is 1.00 e. The van der Waals surface area contributed by atoms with Gasteiger partial charge in [0, 0.05) is 5.75 Å². The van der Waals surface area contributed by atoms with E-state index in [0.29, 0.717) is 19.3 Å². The van der Waals surface area contributed by atoms with Gasteiger partial charge in [0.1, 0.15) is 6.04 Å². The summed E-state index contributed by atoms with van der Waals surface area (Å²) in [6, 6.07) is -0.847. The molecule has 1 saturated carbocycles. The van der Waals surface area contributed by atoms with Gasteiger partial charge < -0.3 is 15.4 Å². The molecule has 100 valence electrons. The van der Waals surface area contributed by atoms with Crippen molar-refractivity contribution in [1.29, 1.82) is 0 Å². The summed E-state index contributed by atoms with van der Waals surface area (Å²) in [6.07, 6.45) is 3.26. The Bertz CT molecular complexity index is 364. The first-order chi connectivity index (χ1) is 7.78. The number of carboxylic acid groups (broad SMARTS) is 1. The quantitative estimate of drug-likeness (QED) is 0.414. The van der Waals surface area contributed by atoms with E-state index in [1.165, 1.54) is 0 Å². The molecule has 0 aromatic heterocycles. The maximum absolute atomic E-state index is 10.6. The molecule has 0 radical (unpaired) electrons. The number of nitrogens with two attached hydrogens (primary N) is 1. The maximum Gasteiger partial charge on any atom is 1.00 e.